The fourth-order valence-corrected chi connectivity index (χ4v) is 14.8. The number of carbonyl (C=O) groups is 7. The van der Waals surface area contributed by atoms with E-state index in [0.717, 1.165) is 141 Å². The van der Waals surface area contributed by atoms with E-state index >= 15 is 0 Å². The Bertz CT molecular complexity index is 5700. The maximum absolute atomic E-state index is 12.6. The maximum atomic E-state index is 12.6. The quantitative estimate of drug-likeness (QED) is 0.0292. The van der Waals surface area contributed by atoms with Crippen molar-refractivity contribution < 1.29 is 43.4 Å². The normalized spacial score (nSPS) is 12.9. The van der Waals surface area contributed by atoms with Gasteiger partial charge in [0.1, 0.15) is 22.9 Å². The molecule has 0 spiro atoms. The van der Waals surface area contributed by atoms with E-state index in [-0.39, 0.29) is 105 Å². The topological polar surface area (TPSA) is 319 Å². The van der Waals surface area contributed by atoms with Crippen LogP contribution in [0, 0.1) is 54.1 Å². The Morgan fingerprint density at radius 3 is 1.22 bits per heavy atom. The van der Waals surface area contributed by atoms with E-state index in [0.29, 0.717) is 35.5 Å². The second-order valence-corrected chi connectivity index (χ2v) is 49.7. The number of aromatic nitrogens is 12. The van der Waals surface area contributed by atoms with Crippen LogP contribution in [0.3, 0.4) is 0 Å². The van der Waals surface area contributed by atoms with Gasteiger partial charge >= 0.3 is 32.3 Å². The molecule has 1 unspecified atom stereocenters. The van der Waals surface area contributed by atoms with Crippen molar-refractivity contribution in [3.63, 3.8) is 0 Å². The third-order valence-electron chi connectivity index (χ3n) is 21.0. The summed E-state index contributed by atoms with van der Waals surface area (Å²) in [5.74, 6) is 4.90. The fourth-order valence-electron chi connectivity index (χ4n) is 14.8. The SMILES string of the molecule is CC(C)(C)CCCC(NC(=O)OC(C)(C)C)C(=O)C(C)(C)C.CC(C)(C)Cc1nc2ccc(C(=O)C(C)(C)C)cc2[nH]1.CN(C)CCC(=O)NC(C)(C)C.Cn1cc(CC(C)(C)C)c(O)c1-c1nc2ccc(C(=O)C(C)(C)C)cc2[nH]1.Cn1cc(CC(C)(C)C)cc1-c1nc2ccc(C(=O)C(C)(C)C)cc2[nH]1.Cn1cc(CC(C)(C)C)nc1-c1nc2ccc(C(=O)C(C)(C)C)cc2[nH]1.[BiH3]. The zero-order chi connectivity index (χ0) is 101. The summed E-state index contributed by atoms with van der Waals surface area (Å²) in [6, 6.07) is 24.3. The van der Waals surface area contributed by atoms with Crippen molar-refractivity contribution >= 4 is 111 Å². The van der Waals surface area contributed by atoms with Crippen molar-refractivity contribution in [3.05, 3.63) is 142 Å². The van der Waals surface area contributed by atoms with Crippen LogP contribution in [0.25, 0.3) is 78.8 Å². The number of benzene rings is 4. The first kappa shape index (κ1) is 115. The van der Waals surface area contributed by atoms with Crippen LogP contribution in [0.15, 0.2) is 97.5 Å². The van der Waals surface area contributed by atoms with Crippen molar-refractivity contribution in [3.8, 4) is 40.4 Å². The molecule has 11 aromatic rings. The van der Waals surface area contributed by atoms with E-state index in [2.05, 4.69) is 172 Å². The Hall–Kier alpha value is -9.74. The van der Waals surface area contributed by atoms with Gasteiger partial charge in [-0.05, 0) is 199 Å². The van der Waals surface area contributed by atoms with Crippen molar-refractivity contribution in [1.29, 1.82) is 0 Å². The van der Waals surface area contributed by atoms with Crippen LogP contribution in [0.4, 0.5) is 4.79 Å². The summed E-state index contributed by atoms with van der Waals surface area (Å²) in [7, 11) is 9.86. The molecule has 2 amide bonds. The molecule has 24 nitrogen and oxygen atoms in total. The van der Waals surface area contributed by atoms with Crippen molar-refractivity contribution in [2.75, 3.05) is 20.6 Å². The average molecular weight is 2040 g/mol. The van der Waals surface area contributed by atoms with Gasteiger partial charge in [0.05, 0.1) is 61.6 Å². The van der Waals surface area contributed by atoms with E-state index in [1.165, 1.54) is 5.56 Å². The first-order valence-electron chi connectivity index (χ1n) is 47.0. The fraction of sp³-hybridized carbons (Fsp3) is 0.578. The number of H-pyrrole nitrogens is 4. The van der Waals surface area contributed by atoms with Crippen LogP contribution >= 0.6 is 0 Å². The standard InChI is InChI=1S/C22H29N3O2.C22H29N3O.C21H28N4O.C18H35NO3.C17H24N2O.C9H20N2O.Bi.3H/c1-21(2,3)11-14-12-25(7)17(18(14)26)20-23-15-9-8-13(10-16(15)24-20)19(27)22(4,5)6;1-21(2,3)12-14-10-18(25(7)13-14)20-23-16-9-8-15(11-17(16)24-20)19(26)22(4,5)6;1-20(2,3)11-14-12-25(7)19(22-14)18-23-15-9-8-13(10-16(15)24-18)17(26)21(4,5)6;1-16(2,3)12-10-11-13(14(20)17(4,5)6)19-15(21)22-18(7,8)9;1-16(2,3)10-14-18-12-8-7-11(9-13(12)19-14)15(20)17(4,5)6;1-9(2,3)10-8(12)6-7-11(4)5;;;;/h8-10,12,26H,11H2,1-7H3,(H,23,24);8-11,13H,12H2,1-7H3,(H,23,24);8-10,12H,11H2,1-7H3,(H,23,24);13H,10-12H2,1-9H3,(H,19,21);7-9H,10H2,1-6H3,(H,18,19);6-7H2,1-5H3,(H,10,12);;;;. The Balaban J connectivity index is 0.000000288. The summed E-state index contributed by atoms with van der Waals surface area (Å²) in [5, 5.41) is 16.4. The van der Waals surface area contributed by atoms with Crippen LogP contribution in [-0.2, 0) is 61.2 Å². The molecule has 7 N–H and O–H groups in total. The predicted octanol–water partition coefficient (Wildman–Crippen LogP) is 24.0. The molecule has 0 aliphatic carbocycles. The Labute approximate surface area is 819 Å². The van der Waals surface area contributed by atoms with Gasteiger partial charge in [0.2, 0.25) is 5.91 Å². The average Bonchev–Trinajstić information content (AvgIpc) is 1.62. The Morgan fingerprint density at radius 2 is 0.828 bits per heavy atom. The van der Waals surface area contributed by atoms with Gasteiger partial charge < -0.3 is 59.0 Å². The molecule has 0 radical (unpaired) electrons. The summed E-state index contributed by atoms with van der Waals surface area (Å²) < 4.78 is 11.3. The number of hydrogen-bond donors (Lipinski definition) is 7. The molecule has 1 atom stereocenters. The first-order valence-corrected chi connectivity index (χ1v) is 47.0. The van der Waals surface area contributed by atoms with E-state index in [4.69, 9.17) is 14.7 Å². The van der Waals surface area contributed by atoms with Crippen LogP contribution < -0.4 is 10.6 Å². The van der Waals surface area contributed by atoms with Gasteiger partial charge in [0, 0.05) is 120 Å². The van der Waals surface area contributed by atoms with Gasteiger partial charge in [0.15, 0.2) is 52.2 Å². The van der Waals surface area contributed by atoms with Crippen LogP contribution in [-0.4, -0.2) is 174 Å². The van der Waals surface area contributed by atoms with Crippen molar-refractivity contribution in [2.45, 2.75) is 318 Å². The number of nitrogens with zero attached hydrogens (tertiary/aromatic N) is 9. The number of rotatable bonds is 19. The Kier molecular flexibility index (Phi) is 37.8. The summed E-state index contributed by atoms with van der Waals surface area (Å²) >= 11 is 0. The molecule has 0 saturated carbocycles. The minimum absolute atomic E-state index is 0. The minimum atomic E-state index is -0.565. The zero-order valence-electron chi connectivity index (χ0n) is 89.6. The third-order valence-corrected chi connectivity index (χ3v) is 21.0. The predicted molar refractivity (Wildman–Crippen MR) is 557 cm³/mol. The molecular formula is C109H168BiN15O9. The third kappa shape index (κ3) is 36.4. The molecular weight excluding hydrogens is 1870 g/mol. The number of hydrogen-bond acceptors (Lipinski definition) is 15. The molecule has 7 heterocycles. The van der Waals surface area contributed by atoms with Crippen molar-refractivity contribution in [1.82, 2.24) is 74.1 Å². The van der Waals surface area contributed by atoms with Gasteiger partial charge in [-0.1, -0.05) is 214 Å². The molecule has 7 aromatic heterocycles. The number of imidazole rings is 5. The van der Waals surface area contributed by atoms with Crippen LogP contribution in [0.2, 0.25) is 0 Å². The van der Waals surface area contributed by atoms with Crippen LogP contribution in [0.5, 0.6) is 5.75 Å². The van der Waals surface area contributed by atoms with Gasteiger partial charge in [-0.3, -0.25) is 28.8 Å². The number of carbonyl (C=O) groups excluding carboxylic acids is 7. The first-order chi connectivity index (χ1) is 60.2. The molecule has 0 aliphatic heterocycles. The summed E-state index contributed by atoms with van der Waals surface area (Å²) in [4.78, 5) is 124. The molecule has 738 valence electrons. The number of aromatic hydroxyl groups is 1. The number of aryl methyl sites for hydroxylation is 3. The van der Waals surface area contributed by atoms with E-state index < -0.39 is 39.4 Å². The number of aromatic amines is 4. The molecule has 0 fully saturated rings. The second kappa shape index (κ2) is 44.2. The molecule has 0 bridgehead atoms. The molecule has 4 aromatic carbocycles. The monoisotopic (exact) mass is 2040 g/mol. The van der Waals surface area contributed by atoms with E-state index in [9.17, 15) is 38.7 Å². The van der Waals surface area contributed by atoms with Gasteiger partial charge in [0.25, 0.3) is 0 Å². The summed E-state index contributed by atoms with van der Waals surface area (Å²) in [5.41, 5.74) is 12.9. The molecule has 0 saturated heterocycles. The van der Waals surface area contributed by atoms with Gasteiger partial charge in [-0.25, -0.2) is 29.7 Å². The number of amides is 2. The second-order valence-electron chi connectivity index (χ2n) is 49.7. The Morgan fingerprint density at radius 1 is 0.433 bits per heavy atom. The van der Waals surface area contributed by atoms with Crippen molar-refractivity contribution in [2.24, 2.45) is 75.3 Å². The van der Waals surface area contributed by atoms with E-state index in [1.807, 2.05) is 274 Å². The summed E-state index contributed by atoms with van der Waals surface area (Å²) in [6.45, 7) is 73.9. The molecule has 25 heteroatoms. The molecule has 11 rings (SSSR count). The number of fused-ring (bicyclic) bond motifs is 4. The van der Waals surface area contributed by atoms with Crippen LogP contribution in [0.1, 0.15) is 339 Å². The van der Waals surface area contributed by atoms with Gasteiger partial charge in [-0.2, -0.15) is 0 Å². The zero-order valence-corrected chi connectivity index (χ0v) is 95.1. The van der Waals surface area contributed by atoms with E-state index in [1.54, 1.807) is 0 Å². The number of alkyl carbamates (subject to hydrolysis) is 1. The number of nitrogens with one attached hydrogen (secondary N) is 6. The number of ether oxygens (including phenoxy) is 1. The number of ketones is 5. The molecule has 0 aliphatic rings. The number of Topliss-reactive ketones (excluding diaryl/α,β-unsaturated/α-hetero) is 5. The summed E-state index contributed by atoms with van der Waals surface area (Å²) in [6.07, 6.45) is 12.4. The van der Waals surface area contributed by atoms with Gasteiger partial charge in [-0.15, -0.1) is 0 Å². The molecule has 134 heavy (non-hydrogen) atoms.